The summed E-state index contributed by atoms with van der Waals surface area (Å²) in [4.78, 5) is 18.8. The molecule has 1 heterocycles. The molecule has 24 heavy (non-hydrogen) atoms. The molecule has 4 nitrogen and oxygen atoms in total. The summed E-state index contributed by atoms with van der Waals surface area (Å²) in [6, 6.07) is 7.97. The molecule has 1 amide bonds. The number of aromatic nitrogens is 1. The minimum absolute atomic E-state index is 0.162. The Morgan fingerprint density at radius 3 is 2.46 bits per heavy atom. The van der Waals surface area contributed by atoms with Crippen molar-refractivity contribution in [3.63, 3.8) is 0 Å². The molecule has 1 aromatic carbocycles. The summed E-state index contributed by atoms with van der Waals surface area (Å²) in [7, 11) is 0. The topological polar surface area (TPSA) is 42.4 Å². The molecule has 0 atom stereocenters. The molecule has 0 saturated heterocycles. The smallest absolute Gasteiger partial charge is 0.228 e. The first kappa shape index (κ1) is 18.5. The second-order valence-electron chi connectivity index (χ2n) is 5.89. The molecular formula is C19H26N2O2S. The van der Waals surface area contributed by atoms with Crippen molar-refractivity contribution in [2.45, 2.75) is 46.6 Å². The number of ether oxygens (including phenoxy) is 1. The maximum Gasteiger partial charge on any atom is 0.228 e. The van der Waals surface area contributed by atoms with Crippen molar-refractivity contribution in [1.29, 1.82) is 0 Å². The summed E-state index contributed by atoms with van der Waals surface area (Å²) < 4.78 is 5.74. The summed E-state index contributed by atoms with van der Waals surface area (Å²) in [5.74, 6) is 1.00. The molecule has 0 aliphatic carbocycles. The molecule has 0 bridgehead atoms. The number of amides is 1. The zero-order chi connectivity index (χ0) is 17.4. The number of benzene rings is 1. The molecule has 0 fully saturated rings. The minimum atomic E-state index is 0.162. The normalized spacial score (nSPS) is 10.6. The first-order valence-corrected chi connectivity index (χ1v) is 9.40. The molecule has 130 valence electrons. The second kappa shape index (κ2) is 9.42. The van der Waals surface area contributed by atoms with Crippen molar-refractivity contribution >= 4 is 17.2 Å². The highest BCUT2D eigenvalue weighted by Crippen LogP contribution is 2.16. The van der Waals surface area contributed by atoms with Crippen molar-refractivity contribution in [1.82, 2.24) is 9.88 Å². The van der Waals surface area contributed by atoms with Crippen LogP contribution in [-0.4, -0.2) is 28.9 Å². The average molecular weight is 346 g/mol. The number of aryl methyl sites for hydroxylation is 1. The van der Waals surface area contributed by atoms with Crippen LogP contribution < -0.4 is 4.74 Å². The van der Waals surface area contributed by atoms with E-state index in [-0.39, 0.29) is 5.91 Å². The first-order chi connectivity index (χ1) is 11.6. The number of carbonyl (C=O) groups is 1. The van der Waals surface area contributed by atoms with E-state index in [2.05, 4.69) is 18.8 Å². The Morgan fingerprint density at radius 2 is 1.83 bits per heavy atom. The van der Waals surface area contributed by atoms with Gasteiger partial charge < -0.3 is 9.64 Å². The molecular weight excluding hydrogens is 320 g/mol. The summed E-state index contributed by atoms with van der Waals surface area (Å²) in [5.41, 5.74) is 2.05. The van der Waals surface area contributed by atoms with E-state index < -0.39 is 0 Å². The van der Waals surface area contributed by atoms with Gasteiger partial charge in [-0.1, -0.05) is 31.5 Å². The third kappa shape index (κ3) is 5.64. The molecule has 0 unspecified atom stereocenters. The van der Waals surface area contributed by atoms with Gasteiger partial charge in [-0.2, -0.15) is 0 Å². The van der Waals surface area contributed by atoms with Gasteiger partial charge in [0.15, 0.2) is 0 Å². The van der Waals surface area contributed by atoms with Gasteiger partial charge in [0, 0.05) is 18.5 Å². The maximum atomic E-state index is 12.4. The standard InChI is InChI=1S/C19H26N2O2S/c1-4-10-21(11-5-2)19(22)12-16-14-24-18(20-16)13-23-17-8-6-15(3)7-9-17/h6-9,14H,4-5,10-13H2,1-3H3. The van der Waals surface area contributed by atoms with Crippen LogP contribution in [0.1, 0.15) is 43.0 Å². The third-order valence-corrected chi connectivity index (χ3v) is 4.53. The van der Waals surface area contributed by atoms with Crippen LogP contribution in [0.4, 0.5) is 0 Å². The molecule has 0 N–H and O–H groups in total. The zero-order valence-electron chi connectivity index (χ0n) is 14.7. The van der Waals surface area contributed by atoms with Crippen LogP contribution in [0.15, 0.2) is 29.6 Å². The quantitative estimate of drug-likeness (QED) is 0.683. The number of carbonyl (C=O) groups excluding carboxylic acids is 1. The predicted octanol–water partition coefficient (Wildman–Crippen LogP) is 4.22. The van der Waals surface area contributed by atoms with E-state index in [1.165, 1.54) is 5.56 Å². The van der Waals surface area contributed by atoms with Crippen LogP contribution in [0.3, 0.4) is 0 Å². The molecule has 2 aromatic rings. The molecule has 1 aromatic heterocycles. The van der Waals surface area contributed by atoms with Gasteiger partial charge >= 0.3 is 0 Å². The fourth-order valence-corrected chi connectivity index (χ4v) is 3.15. The number of nitrogens with zero attached hydrogens (tertiary/aromatic N) is 2. The van der Waals surface area contributed by atoms with Crippen LogP contribution in [-0.2, 0) is 17.8 Å². The molecule has 0 saturated carbocycles. The fourth-order valence-electron chi connectivity index (χ4n) is 2.44. The summed E-state index contributed by atoms with van der Waals surface area (Å²) in [6.45, 7) is 8.32. The van der Waals surface area contributed by atoms with Gasteiger partial charge in [-0.15, -0.1) is 11.3 Å². The van der Waals surface area contributed by atoms with Crippen LogP contribution in [0.5, 0.6) is 5.75 Å². The summed E-state index contributed by atoms with van der Waals surface area (Å²) in [6.07, 6.45) is 2.35. The average Bonchev–Trinajstić information content (AvgIpc) is 3.01. The Labute approximate surface area is 148 Å². The Morgan fingerprint density at radius 1 is 1.17 bits per heavy atom. The van der Waals surface area contributed by atoms with E-state index in [1.807, 2.05) is 41.5 Å². The molecule has 2 rings (SSSR count). The second-order valence-corrected chi connectivity index (χ2v) is 6.83. The van der Waals surface area contributed by atoms with Crippen LogP contribution >= 0.6 is 11.3 Å². The molecule has 0 radical (unpaired) electrons. The van der Waals surface area contributed by atoms with E-state index in [4.69, 9.17) is 4.74 Å². The van der Waals surface area contributed by atoms with Gasteiger partial charge in [0.05, 0.1) is 12.1 Å². The Hall–Kier alpha value is -1.88. The van der Waals surface area contributed by atoms with Crippen LogP contribution in [0, 0.1) is 6.92 Å². The molecule has 0 aliphatic heterocycles. The highest BCUT2D eigenvalue weighted by atomic mass is 32.1. The Kier molecular flexibility index (Phi) is 7.25. The molecule has 0 spiro atoms. The zero-order valence-corrected chi connectivity index (χ0v) is 15.6. The lowest BCUT2D eigenvalue weighted by Crippen LogP contribution is -2.33. The number of hydrogen-bond donors (Lipinski definition) is 0. The predicted molar refractivity (Wildman–Crippen MR) is 98.5 cm³/mol. The van der Waals surface area contributed by atoms with Gasteiger partial charge in [-0.3, -0.25) is 4.79 Å². The van der Waals surface area contributed by atoms with Gasteiger partial charge in [0.2, 0.25) is 5.91 Å². The lowest BCUT2D eigenvalue weighted by molar-refractivity contribution is -0.130. The number of rotatable bonds is 9. The molecule has 5 heteroatoms. The number of thiazole rings is 1. The number of hydrogen-bond acceptors (Lipinski definition) is 4. The van der Waals surface area contributed by atoms with Gasteiger partial charge in [0.25, 0.3) is 0 Å². The largest absolute Gasteiger partial charge is 0.486 e. The van der Waals surface area contributed by atoms with Gasteiger partial charge in [-0.05, 0) is 31.9 Å². The van der Waals surface area contributed by atoms with Crippen molar-refractivity contribution in [2.24, 2.45) is 0 Å². The van der Waals surface area contributed by atoms with Crippen molar-refractivity contribution in [2.75, 3.05) is 13.1 Å². The van der Waals surface area contributed by atoms with E-state index >= 15 is 0 Å². The highest BCUT2D eigenvalue weighted by Gasteiger charge is 2.14. The van der Waals surface area contributed by atoms with E-state index in [9.17, 15) is 4.79 Å². The fraction of sp³-hybridized carbons (Fsp3) is 0.474. The third-order valence-electron chi connectivity index (χ3n) is 3.65. The minimum Gasteiger partial charge on any atom is -0.486 e. The summed E-state index contributed by atoms with van der Waals surface area (Å²) >= 11 is 1.55. The van der Waals surface area contributed by atoms with E-state index in [0.29, 0.717) is 13.0 Å². The van der Waals surface area contributed by atoms with Crippen LogP contribution in [0.2, 0.25) is 0 Å². The lowest BCUT2D eigenvalue weighted by Gasteiger charge is -2.20. The first-order valence-electron chi connectivity index (χ1n) is 8.52. The molecule has 0 aliphatic rings. The van der Waals surface area contributed by atoms with Crippen molar-refractivity contribution in [3.8, 4) is 5.75 Å². The van der Waals surface area contributed by atoms with Crippen molar-refractivity contribution < 1.29 is 9.53 Å². The SMILES string of the molecule is CCCN(CCC)C(=O)Cc1csc(COc2ccc(C)cc2)n1. The summed E-state index contributed by atoms with van der Waals surface area (Å²) in [5, 5.41) is 2.86. The van der Waals surface area contributed by atoms with Crippen LogP contribution in [0.25, 0.3) is 0 Å². The van der Waals surface area contributed by atoms with Gasteiger partial charge in [-0.25, -0.2) is 4.98 Å². The monoisotopic (exact) mass is 346 g/mol. The van der Waals surface area contributed by atoms with E-state index in [0.717, 1.165) is 42.4 Å². The highest BCUT2D eigenvalue weighted by molar-refractivity contribution is 7.09. The van der Waals surface area contributed by atoms with Gasteiger partial charge in [0.1, 0.15) is 17.4 Å². The van der Waals surface area contributed by atoms with Crippen molar-refractivity contribution in [3.05, 3.63) is 45.9 Å². The Bertz CT molecular complexity index is 631. The van der Waals surface area contributed by atoms with E-state index in [1.54, 1.807) is 11.3 Å². The Balaban J connectivity index is 1.87. The lowest BCUT2D eigenvalue weighted by atomic mass is 10.2. The maximum absolute atomic E-state index is 12.4.